The summed E-state index contributed by atoms with van der Waals surface area (Å²) in [6.45, 7) is 6.67. The van der Waals surface area contributed by atoms with Gasteiger partial charge in [0.15, 0.2) is 5.11 Å². The summed E-state index contributed by atoms with van der Waals surface area (Å²) < 4.78 is 10.3. The predicted octanol–water partition coefficient (Wildman–Crippen LogP) is 3.39. The molecule has 154 valence electrons. The number of anilines is 1. The van der Waals surface area contributed by atoms with E-state index in [2.05, 4.69) is 27.2 Å². The third kappa shape index (κ3) is 5.92. The fraction of sp³-hybridized carbons (Fsp3) is 0.364. The summed E-state index contributed by atoms with van der Waals surface area (Å²) in [5.74, 6) is 0.552. The minimum Gasteiger partial charge on any atom is -0.497 e. The molecule has 7 heteroatoms. The van der Waals surface area contributed by atoms with Crippen LogP contribution in [0, 0.1) is 0 Å². The number of benzene rings is 2. The molecule has 2 aromatic rings. The van der Waals surface area contributed by atoms with Gasteiger partial charge in [0.05, 0.1) is 19.3 Å². The van der Waals surface area contributed by atoms with Gasteiger partial charge in [0.25, 0.3) is 0 Å². The number of esters is 1. The summed E-state index contributed by atoms with van der Waals surface area (Å²) in [6.07, 6.45) is 0. The summed E-state index contributed by atoms with van der Waals surface area (Å²) in [5, 5.41) is 3.92. The van der Waals surface area contributed by atoms with E-state index in [4.69, 9.17) is 21.7 Å². The van der Waals surface area contributed by atoms with Crippen LogP contribution in [0.4, 0.5) is 5.69 Å². The Morgan fingerprint density at radius 1 is 1.10 bits per heavy atom. The molecule has 6 nitrogen and oxygen atoms in total. The van der Waals surface area contributed by atoms with Crippen molar-refractivity contribution < 1.29 is 14.3 Å². The molecule has 0 amide bonds. The van der Waals surface area contributed by atoms with Gasteiger partial charge in [-0.2, -0.15) is 0 Å². The van der Waals surface area contributed by atoms with Gasteiger partial charge < -0.3 is 19.7 Å². The molecule has 0 radical (unpaired) electrons. The van der Waals surface area contributed by atoms with E-state index < -0.39 is 0 Å². The number of thiocarbonyl (C=S) groups is 1. The topological polar surface area (TPSA) is 54.0 Å². The average Bonchev–Trinajstić information content (AvgIpc) is 2.75. The maximum absolute atomic E-state index is 11.9. The molecule has 0 bridgehead atoms. The molecule has 0 aromatic heterocycles. The third-order valence-electron chi connectivity index (χ3n) is 4.85. The molecule has 0 unspecified atom stereocenters. The van der Waals surface area contributed by atoms with Gasteiger partial charge in [-0.05, 0) is 55.0 Å². The van der Waals surface area contributed by atoms with E-state index in [0.29, 0.717) is 17.3 Å². The van der Waals surface area contributed by atoms with Crippen LogP contribution >= 0.6 is 12.2 Å². The first-order valence-electron chi connectivity index (χ1n) is 9.77. The van der Waals surface area contributed by atoms with Crippen LogP contribution in [0.2, 0.25) is 0 Å². The van der Waals surface area contributed by atoms with Gasteiger partial charge in [0.2, 0.25) is 0 Å². The van der Waals surface area contributed by atoms with E-state index in [-0.39, 0.29) is 5.97 Å². The Morgan fingerprint density at radius 3 is 2.48 bits per heavy atom. The molecule has 3 rings (SSSR count). The van der Waals surface area contributed by atoms with Crippen LogP contribution in [0.5, 0.6) is 5.75 Å². The van der Waals surface area contributed by atoms with Crippen molar-refractivity contribution in [1.82, 2.24) is 9.80 Å². The number of carbonyl (C=O) groups excluding carboxylic acids is 1. The van der Waals surface area contributed by atoms with Crippen LogP contribution in [-0.2, 0) is 11.3 Å². The Kier molecular flexibility index (Phi) is 7.43. The summed E-state index contributed by atoms with van der Waals surface area (Å²) >= 11 is 5.58. The Balaban J connectivity index is 1.49. The van der Waals surface area contributed by atoms with E-state index in [1.54, 1.807) is 26.2 Å². The molecule has 1 aliphatic heterocycles. The molecule has 0 aliphatic carbocycles. The van der Waals surface area contributed by atoms with Crippen molar-refractivity contribution in [2.75, 3.05) is 45.2 Å². The minimum absolute atomic E-state index is 0.325. The molecule has 0 atom stereocenters. The van der Waals surface area contributed by atoms with Crippen LogP contribution in [0.25, 0.3) is 0 Å². The molecule has 0 spiro atoms. The van der Waals surface area contributed by atoms with E-state index in [1.165, 1.54) is 5.56 Å². The Labute approximate surface area is 177 Å². The van der Waals surface area contributed by atoms with Crippen molar-refractivity contribution in [2.24, 2.45) is 0 Å². The fourth-order valence-corrected chi connectivity index (χ4v) is 3.54. The second-order valence-corrected chi connectivity index (χ2v) is 7.23. The Hall–Kier alpha value is -2.64. The molecule has 2 aromatic carbocycles. The van der Waals surface area contributed by atoms with Crippen molar-refractivity contribution in [2.45, 2.75) is 13.5 Å². The predicted molar refractivity (Wildman–Crippen MR) is 118 cm³/mol. The second-order valence-electron chi connectivity index (χ2n) is 6.84. The summed E-state index contributed by atoms with van der Waals surface area (Å²) in [5.41, 5.74) is 2.58. The molecular weight excluding hydrogens is 386 g/mol. The van der Waals surface area contributed by atoms with Crippen molar-refractivity contribution in [3.8, 4) is 5.75 Å². The maximum atomic E-state index is 11.9. The smallest absolute Gasteiger partial charge is 0.338 e. The molecule has 29 heavy (non-hydrogen) atoms. The lowest BCUT2D eigenvalue weighted by Crippen LogP contribution is -2.49. The highest BCUT2D eigenvalue weighted by atomic mass is 32.1. The van der Waals surface area contributed by atoms with Crippen molar-refractivity contribution in [3.05, 3.63) is 59.7 Å². The Morgan fingerprint density at radius 2 is 1.83 bits per heavy atom. The van der Waals surface area contributed by atoms with Gasteiger partial charge in [-0.15, -0.1) is 0 Å². The SMILES string of the molecule is CCOC(=O)c1cccc(NC(=S)N2CCN(Cc3ccc(OC)cc3)CC2)c1. The molecular formula is C22H27N3O3S. The van der Waals surface area contributed by atoms with Gasteiger partial charge >= 0.3 is 5.97 Å². The fourth-order valence-electron chi connectivity index (χ4n) is 3.24. The summed E-state index contributed by atoms with van der Waals surface area (Å²) in [7, 11) is 1.68. The third-order valence-corrected chi connectivity index (χ3v) is 5.21. The van der Waals surface area contributed by atoms with Crippen molar-refractivity contribution >= 4 is 29.0 Å². The lowest BCUT2D eigenvalue weighted by Gasteiger charge is -2.36. The van der Waals surface area contributed by atoms with Gasteiger partial charge in [0.1, 0.15) is 5.75 Å². The number of ether oxygens (including phenoxy) is 2. The lowest BCUT2D eigenvalue weighted by molar-refractivity contribution is 0.0526. The normalized spacial score (nSPS) is 14.3. The van der Waals surface area contributed by atoms with E-state index in [1.807, 2.05) is 24.3 Å². The molecule has 1 aliphatic rings. The number of hydrogen-bond acceptors (Lipinski definition) is 5. The van der Waals surface area contributed by atoms with Crippen LogP contribution < -0.4 is 10.1 Å². The van der Waals surface area contributed by atoms with Crippen LogP contribution in [0.15, 0.2) is 48.5 Å². The molecule has 1 N–H and O–H groups in total. The number of rotatable bonds is 6. The van der Waals surface area contributed by atoms with E-state index in [0.717, 1.165) is 44.2 Å². The number of nitrogens with one attached hydrogen (secondary N) is 1. The number of hydrogen-bond donors (Lipinski definition) is 1. The minimum atomic E-state index is -0.325. The van der Waals surface area contributed by atoms with Crippen molar-refractivity contribution in [3.63, 3.8) is 0 Å². The lowest BCUT2D eigenvalue weighted by atomic mass is 10.2. The highest BCUT2D eigenvalue weighted by molar-refractivity contribution is 7.80. The first-order valence-corrected chi connectivity index (χ1v) is 10.2. The number of piperazine rings is 1. The van der Waals surface area contributed by atoms with Gasteiger partial charge in [0, 0.05) is 38.4 Å². The van der Waals surface area contributed by atoms with Gasteiger partial charge in [-0.1, -0.05) is 18.2 Å². The maximum Gasteiger partial charge on any atom is 0.338 e. The largest absolute Gasteiger partial charge is 0.497 e. The zero-order chi connectivity index (χ0) is 20.6. The highest BCUT2D eigenvalue weighted by Gasteiger charge is 2.19. The standard InChI is InChI=1S/C22H27N3O3S/c1-3-28-21(26)18-5-4-6-19(15-18)23-22(29)25-13-11-24(12-14-25)16-17-7-9-20(27-2)10-8-17/h4-10,15H,3,11-14,16H2,1-2H3,(H,23,29). The van der Waals surface area contributed by atoms with Gasteiger partial charge in [-0.3, -0.25) is 4.90 Å². The van der Waals surface area contributed by atoms with Gasteiger partial charge in [-0.25, -0.2) is 4.79 Å². The number of methoxy groups -OCH3 is 1. The zero-order valence-electron chi connectivity index (χ0n) is 16.9. The first-order chi connectivity index (χ1) is 14.1. The van der Waals surface area contributed by atoms with Crippen LogP contribution in [-0.4, -0.2) is 60.8 Å². The zero-order valence-corrected chi connectivity index (χ0v) is 17.7. The molecule has 1 heterocycles. The van der Waals surface area contributed by atoms with E-state index >= 15 is 0 Å². The number of nitrogens with zero attached hydrogens (tertiary/aromatic N) is 2. The van der Waals surface area contributed by atoms with Crippen LogP contribution in [0.3, 0.4) is 0 Å². The van der Waals surface area contributed by atoms with Crippen LogP contribution in [0.1, 0.15) is 22.8 Å². The second kappa shape index (κ2) is 10.2. The highest BCUT2D eigenvalue weighted by Crippen LogP contribution is 2.16. The molecule has 0 saturated carbocycles. The number of carbonyl (C=O) groups is 1. The Bertz CT molecular complexity index is 833. The molecule has 1 fully saturated rings. The average molecular weight is 414 g/mol. The van der Waals surface area contributed by atoms with E-state index in [9.17, 15) is 4.79 Å². The molecule has 1 saturated heterocycles. The summed E-state index contributed by atoms with van der Waals surface area (Å²) in [4.78, 5) is 16.5. The monoisotopic (exact) mass is 413 g/mol. The van der Waals surface area contributed by atoms with Crippen molar-refractivity contribution in [1.29, 1.82) is 0 Å². The summed E-state index contributed by atoms with van der Waals surface area (Å²) in [6, 6.07) is 15.4. The first kappa shape index (κ1) is 21.1. The quantitative estimate of drug-likeness (QED) is 0.575.